The van der Waals surface area contributed by atoms with Crippen molar-refractivity contribution in [3.8, 4) is 0 Å². The van der Waals surface area contributed by atoms with Crippen molar-refractivity contribution >= 4 is 11.3 Å². The molecule has 0 saturated carbocycles. The molecule has 0 aliphatic rings. The summed E-state index contributed by atoms with van der Waals surface area (Å²) in [4.78, 5) is 5.71. The van der Waals surface area contributed by atoms with Crippen molar-refractivity contribution < 1.29 is 0 Å². The molecular formula is C11H20N2S. The van der Waals surface area contributed by atoms with Gasteiger partial charge in [0.25, 0.3) is 0 Å². The lowest BCUT2D eigenvalue weighted by Gasteiger charge is -2.18. The van der Waals surface area contributed by atoms with Crippen molar-refractivity contribution in [2.24, 2.45) is 5.92 Å². The SMILES string of the molecule is CCNC(CC(C)C)c1scnc1C. The summed E-state index contributed by atoms with van der Waals surface area (Å²) in [7, 11) is 0. The maximum Gasteiger partial charge on any atom is 0.0798 e. The topological polar surface area (TPSA) is 24.9 Å². The van der Waals surface area contributed by atoms with Crippen LogP contribution < -0.4 is 5.32 Å². The van der Waals surface area contributed by atoms with Gasteiger partial charge < -0.3 is 5.32 Å². The average Bonchev–Trinajstić information content (AvgIpc) is 2.50. The molecule has 0 bridgehead atoms. The Bertz CT molecular complexity index is 268. The van der Waals surface area contributed by atoms with Gasteiger partial charge in [-0.2, -0.15) is 0 Å². The highest BCUT2D eigenvalue weighted by atomic mass is 32.1. The second-order valence-electron chi connectivity index (χ2n) is 4.04. The van der Waals surface area contributed by atoms with E-state index in [0.717, 1.165) is 12.5 Å². The normalized spacial score (nSPS) is 13.5. The monoisotopic (exact) mass is 212 g/mol. The first-order valence-electron chi connectivity index (χ1n) is 5.28. The molecule has 1 aromatic heterocycles. The zero-order chi connectivity index (χ0) is 10.6. The lowest BCUT2D eigenvalue weighted by molar-refractivity contribution is 0.442. The Morgan fingerprint density at radius 2 is 2.21 bits per heavy atom. The van der Waals surface area contributed by atoms with Crippen LogP contribution in [-0.4, -0.2) is 11.5 Å². The fourth-order valence-electron chi connectivity index (χ4n) is 1.65. The van der Waals surface area contributed by atoms with Crippen LogP contribution in [0.1, 0.15) is 43.8 Å². The maximum absolute atomic E-state index is 4.31. The van der Waals surface area contributed by atoms with Gasteiger partial charge in [-0.1, -0.05) is 20.8 Å². The summed E-state index contributed by atoms with van der Waals surface area (Å²) in [5.74, 6) is 0.723. The van der Waals surface area contributed by atoms with E-state index in [1.165, 1.54) is 17.0 Å². The van der Waals surface area contributed by atoms with Crippen LogP contribution in [0.4, 0.5) is 0 Å². The molecule has 1 unspecified atom stereocenters. The van der Waals surface area contributed by atoms with Gasteiger partial charge >= 0.3 is 0 Å². The van der Waals surface area contributed by atoms with E-state index >= 15 is 0 Å². The van der Waals surface area contributed by atoms with Gasteiger partial charge in [0.05, 0.1) is 11.2 Å². The van der Waals surface area contributed by atoms with Crippen molar-refractivity contribution in [1.29, 1.82) is 0 Å². The third-order valence-corrected chi connectivity index (χ3v) is 3.30. The molecule has 0 fully saturated rings. The Kier molecular flexibility index (Phi) is 4.55. The molecule has 80 valence electrons. The summed E-state index contributed by atoms with van der Waals surface area (Å²) in [5.41, 5.74) is 3.12. The van der Waals surface area contributed by atoms with Gasteiger partial charge in [-0.15, -0.1) is 11.3 Å². The molecule has 1 atom stereocenters. The van der Waals surface area contributed by atoms with E-state index in [0.29, 0.717) is 6.04 Å². The zero-order valence-electron chi connectivity index (χ0n) is 9.50. The summed E-state index contributed by atoms with van der Waals surface area (Å²) < 4.78 is 0. The van der Waals surface area contributed by atoms with Crippen LogP contribution in [0.15, 0.2) is 5.51 Å². The molecule has 3 heteroatoms. The van der Waals surface area contributed by atoms with E-state index in [-0.39, 0.29) is 0 Å². The molecule has 0 aliphatic heterocycles. The minimum atomic E-state index is 0.493. The van der Waals surface area contributed by atoms with Gasteiger partial charge in [0.15, 0.2) is 0 Å². The van der Waals surface area contributed by atoms with Crippen molar-refractivity contribution in [3.05, 3.63) is 16.1 Å². The standard InChI is InChI=1S/C11H20N2S/c1-5-12-10(6-8(2)3)11-9(4)13-7-14-11/h7-8,10,12H,5-6H2,1-4H3. The lowest BCUT2D eigenvalue weighted by atomic mass is 10.0. The van der Waals surface area contributed by atoms with Gasteiger partial charge in [0.2, 0.25) is 0 Å². The first-order valence-corrected chi connectivity index (χ1v) is 6.16. The highest BCUT2D eigenvalue weighted by molar-refractivity contribution is 7.09. The fourth-order valence-corrected chi connectivity index (χ4v) is 2.54. The second kappa shape index (κ2) is 5.47. The number of hydrogen-bond acceptors (Lipinski definition) is 3. The molecule has 1 aromatic rings. The molecule has 0 amide bonds. The van der Waals surface area contributed by atoms with Crippen LogP contribution in [0.3, 0.4) is 0 Å². The largest absolute Gasteiger partial charge is 0.309 e. The number of nitrogens with one attached hydrogen (secondary N) is 1. The van der Waals surface area contributed by atoms with Crippen LogP contribution in [-0.2, 0) is 0 Å². The lowest BCUT2D eigenvalue weighted by Crippen LogP contribution is -2.22. The first-order chi connectivity index (χ1) is 6.65. The number of hydrogen-bond donors (Lipinski definition) is 1. The second-order valence-corrected chi connectivity index (χ2v) is 4.93. The van der Waals surface area contributed by atoms with E-state index in [1.54, 1.807) is 11.3 Å². The van der Waals surface area contributed by atoms with Gasteiger partial charge in [0.1, 0.15) is 0 Å². The Morgan fingerprint density at radius 3 is 2.64 bits per heavy atom. The molecule has 1 N–H and O–H groups in total. The molecule has 1 rings (SSSR count). The smallest absolute Gasteiger partial charge is 0.0798 e. The molecular weight excluding hydrogens is 192 g/mol. The van der Waals surface area contributed by atoms with Crippen LogP contribution in [0.5, 0.6) is 0 Å². The van der Waals surface area contributed by atoms with Gasteiger partial charge in [-0.25, -0.2) is 4.98 Å². The summed E-state index contributed by atoms with van der Waals surface area (Å²) in [6.45, 7) is 9.80. The van der Waals surface area contributed by atoms with Crippen LogP contribution in [0, 0.1) is 12.8 Å². The minimum absolute atomic E-state index is 0.493. The van der Waals surface area contributed by atoms with Crippen LogP contribution >= 0.6 is 11.3 Å². The predicted molar refractivity (Wildman–Crippen MR) is 62.7 cm³/mol. The van der Waals surface area contributed by atoms with E-state index in [2.05, 4.69) is 38.0 Å². The number of rotatable bonds is 5. The number of thiazole rings is 1. The van der Waals surface area contributed by atoms with Crippen molar-refractivity contribution in [2.75, 3.05) is 6.54 Å². The molecule has 0 aliphatic carbocycles. The third-order valence-electron chi connectivity index (χ3n) is 2.26. The van der Waals surface area contributed by atoms with E-state index in [1.807, 2.05) is 5.51 Å². The Hall–Kier alpha value is -0.410. The average molecular weight is 212 g/mol. The van der Waals surface area contributed by atoms with Crippen molar-refractivity contribution in [2.45, 2.75) is 40.2 Å². The number of aromatic nitrogens is 1. The Morgan fingerprint density at radius 1 is 1.50 bits per heavy atom. The fraction of sp³-hybridized carbons (Fsp3) is 0.727. The highest BCUT2D eigenvalue weighted by Crippen LogP contribution is 2.26. The Balaban J connectivity index is 2.72. The molecule has 1 heterocycles. The van der Waals surface area contributed by atoms with Gasteiger partial charge in [-0.05, 0) is 25.8 Å². The number of nitrogens with zero attached hydrogens (tertiary/aromatic N) is 1. The van der Waals surface area contributed by atoms with Crippen molar-refractivity contribution in [3.63, 3.8) is 0 Å². The zero-order valence-corrected chi connectivity index (χ0v) is 10.3. The third kappa shape index (κ3) is 3.07. The molecule has 2 nitrogen and oxygen atoms in total. The van der Waals surface area contributed by atoms with Gasteiger partial charge in [0, 0.05) is 10.9 Å². The van der Waals surface area contributed by atoms with E-state index < -0.39 is 0 Å². The predicted octanol–water partition coefficient (Wildman–Crippen LogP) is 3.15. The van der Waals surface area contributed by atoms with Gasteiger partial charge in [-0.3, -0.25) is 0 Å². The van der Waals surface area contributed by atoms with E-state index in [9.17, 15) is 0 Å². The highest BCUT2D eigenvalue weighted by Gasteiger charge is 2.15. The van der Waals surface area contributed by atoms with Crippen LogP contribution in [0.25, 0.3) is 0 Å². The Labute approximate surface area is 90.8 Å². The van der Waals surface area contributed by atoms with Crippen LogP contribution in [0.2, 0.25) is 0 Å². The van der Waals surface area contributed by atoms with Crippen molar-refractivity contribution in [1.82, 2.24) is 10.3 Å². The maximum atomic E-state index is 4.31. The summed E-state index contributed by atoms with van der Waals surface area (Å²) in [6.07, 6.45) is 1.19. The number of aryl methyl sites for hydroxylation is 1. The molecule has 0 saturated heterocycles. The minimum Gasteiger partial charge on any atom is -0.309 e. The molecule has 0 aromatic carbocycles. The van der Waals surface area contributed by atoms with E-state index in [4.69, 9.17) is 0 Å². The molecule has 14 heavy (non-hydrogen) atoms. The quantitative estimate of drug-likeness (QED) is 0.811. The molecule has 0 radical (unpaired) electrons. The molecule has 0 spiro atoms. The summed E-state index contributed by atoms with van der Waals surface area (Å²) >= 11 is 1.77. The first kappa shape index (κ1) is 11.7. The summed E-state index contributed by atoms with van der Waals surface area (Å²) in [5, 5.41) is 3.53. The summed E-state index contributed by atoms with van der Waals surface area (Å²) in [6, 6.07) is 0.493.